The number of furan rings is 1. The van der Waals surface area contributed by atoms with E-state index in [-0.39, 0.29) is 6.04 Å². The molecule has 1 aliphatic heterocycles. The van der Waals surface area contributed by atoms with Gasteiger partial charge >= 0.3 is 0 Å². The Morgan fingerprint density at radius 1 is 1.30 bits per heavy atom. The lowest BCUT2D eigenvalue weighted by Gasteiger charge is -2.30. The first-order valence-corrected chi connectivity index (χ1v) is 8.99. The number of ether oxygens (including phenoxy) is 1. The van der Waals surface area contributed by atoms with Crippen molar-refractivity contribution in [2.45, 2.75) is 19.4 Å². The predicted octanol–water partition coefficient (Wildman–Crippen LogP) is 3.83. The first-order chi connectivity index (χ1) is 11.3. The van der Waals surface area contributed by atoms with Gasteiger partial charge in [-0.25, -0.2) is 0 Å². The molecule has 0 amide bonds. The van der Waals surface area contributed by atoms with E-state index < -0.39 is 0 Å². The van der Waals surface area contributed by atoms with Crippen LogP contribution >= 0.6 is 15.9 Å². The monoisotopic (exact) mass is 378 g/mol. The van der Waals surface area contributed by atoms with Crippen LogP contribution in [0.4, 0.5) is 0 Å². The van der Waals surface area contributed by atoms with Gasteiger partial charge in [0.2, 0.25) is 0 Å². The SMILES string of the molecule is CCOc1ccc(Br)cc1C(c1ccco1)N1CCCNCC1. The maximum atomic E-state index is 5.89. The second-order valence-electron chi connectivity index (χ2n) is 5.67. The van der Waals surface area contributed by atoms with E-state index in [0.717, 1.165) is 54.1 Å². The number of nitrogens with zero attached hydrogens (tertiary/aromatic N) is 1. The molecule has 1 N–H and O–H groups in total. The van der Waals surface area contributed by atoms with Gasteiger partial charge in [-0.15, -0.1) is 0 Å². The summed E-state index contributed by atoms with van der Waals surface area (Å²) in [6.45, 7) is 6.76. The lowest BCUT2D eigenvalue weighted by Crippen LogP contribution is -2.33. The van der Waals surface area contributed by atoms with Crippen molar-refractivity contribution in [2.75, 3.05) is 32.8 Å². The molecule has 0 spiro atoms. The van der Waals surface area contributed by atoms with Crippen molar-refractivity contribution in [1.82, 2.24) is 10.2 Å². The molecule has 23 heavy (non-hydrogen) atoms. The molecule has 1 aliphatic rings. The molecule has 1 unspecified atom stereocenters. The molecule has 3 rings (SSSR count). The third-order valence-corrected chi connectivity index (χ3v) is 4.61. The van der Waals surface area contributed by atoms with E-state index in [1.54, 1.807) is 6.26 Å². The molecular weight excluding hydrogens is 356 g/mol. The number of benzene rings is 1. The molecule has 0 aliphatic carbocycles. The Kier molecular flexibility index (Phi) is 5.75. The Hall–Kier alpha value is -1.30. The second-order valence-corrected chi connectivity index (χ2v) is 6.59. The first kappa shape index (κ1) is 16.6. The molecule has 5 heteroatoms. The zero-order valence-corrected chi connectivity index (χ0v) is 15.0. The third kappa shape index (κ3) is 3.97. The molecular formula is C18H23BrN2O2. The van der Waals surface area contributed by atoms with Gasteiger partial charge in [-0.3, -0.25) is 4.90 Å². The van der Waals surface area contributed by atoms with Crippen LogP contribution < -0.4 is 10.1 Å². The summed E-state index contributed by atoms with van der Waals surface area (Å²) in [5, 5.41) is 3.47. The highest BCUT2D eigenvalue weighted by atomic mass is 79.9. The van der Waals surface area contributed by atoms with Gasteiger partial charge in [0.15, 0.2) is 0 Å². The standard InChI is InChI=1S/C18H23BrN2O2/c1-2-22-16-7-6-14(19)13-15(16)18(17-5-3-12-23-17)21-10-4-8-20-9-11-21/h3,5-7,12-13,18,20H,2,4,8-11H2,1H3. The zero-order chi connectivity index (χ0) is 16.1. The van der Waals surface area contributed by atoms with E-state index >= 15 is 0 Å². The van der Waals surface area contributed by atoms with Gasteiger partial charge < -0.3 is 14.5 Å². The van der Waals surface area contributed by atoms with Crippen LogP contribution in [-0.4, -0.2) is 37.7 Å². The average Bonchev–Trinajstić information content (AvgIpc) is 2.93. The zero-order valence-electron chi connectivity index (χ0n) is 13.4. The molecule has 1 saturated heterocycles. The molecule has 2 aromatic rings. The smallest absolute Gasteiger partial charge is 0.125 e. The van der Waals surface area contributed by atoms with E-state index in [1.807, 2.05) is 25.1 Å². The van der Waals surface area contributed by atoms with Crippen LogP contribution in [0.1, 0.15) is 30.7 Å². The lowest BCUT2D eigenvalue weighted by molar-refractivity contribution is 0.210. The molecule has 4 nitrogen and oxygen atoms in total. The molecule has 0 bridgehead atoms. The molecule has 1 aromatic carbocycles. The number of halogens is 1. The Morgan fingerprint density at radius 3 is 3.00 bits per heavy atom. The predicted molar refractivity (Wildman–Crippen MR) is 94.9 cm³/mol. The Balaban J connectivity index is 2.02. The highest BCUT2D eigenvalue weighted by Gasteiger charge is 2.28. The molecule has 1 fully saturated rings. The largest absolute Gasteiger partial charge is 0.494 e. The average molecular weight is 379 g/mol. The molecule has 0 saturated carbocycles. The van der Waals surface area contributed by atoms with Gasteiger partial charge in [0.1, 0.15) is 11.5 Å². The number of rotatable bonds is 5. The summed E-state index contributed by atoms with van der Waals surface area (Å²) in [5.41, 5.74) is 1.15. The van der Waals surface area contributed by atoms with Crippen LogP contribution in [0.15, 0.2) is 45.5 Å². The van der Waals surface area contributed by atoms with Gasteiger partial charge in [0, 0.05) is 29.7 Å². The highest BCUT2D eigenvalue weighted by Crippen LogP contribution is 2.37. The van der Waals surface area contributed by atoms with Crippen LogP contribution in [0.5, 0.6) is 5.75 Å². The van der Waals surface area contributed by atoms with Crippen molar-refractivity contribution < 1.29 is 9.15 Å². The molecule has 1 atom stereocenters. The Bertz CT molecular complexity index is 607. The molecule has 124 valence electrons. The van der Waals surface area contributed by atoms with E-state index in [0.29, 0.717) is 6.61 Å². The maximum absolute atomic E-state index is 5.89. The summed E-state index contributed by atoms with van der Waals surface area (Å²) in [4.78, 5) is 2.48. The van der Waals surface area contributed by atoms with Crippen molar-refractivity contribution in [1.29, 1.82) is 0 Å². The van der Waals surface area contributed by atoms with Crippen LogP contribution in [0, 0.1) is 0 Å². The molecule has 1 aromatic heterocycles. The van der Waals surface area contributed by atoms with Crippen molar-refractivity contribution in [2.24, 2.45) is 0 Å². The number of hydrogen-bond acceptors (Lipinski definition) is 4. The van der Waals surface area contributed by atoms with Crippen LogP contribution in [0.2, 0.25) is 0 Å². The molecule has 2 heterocycles. The minimum absolute atomic E-state index is 0.0731. The number of hydrogen-bond donors (Lipinski definition) is 1. The maximum Gasteiger partial charge on any atom is 0.125 e. The summed E-state index contributed by atoms with van der Waals surface area (Å²) in [7, 11) is 0. The van der Waals surface area contributed by atoms with Crippen molar-refractivity contribution >= 4 is 15.9 Å². The summed E-state index contributed by atoms with van der Waals surface area (Å²) in [6, 6.07) is 10.3. The summed E-state index contributed by atoms with van der Waals surface area (Å²) in [6.07, 6.45) is 2.88. The van der Waals surface area contributed by atoms with E-state index in [2.05, 4.69) is 38.3 Å². The van der Waals surface area contributed by atoms with Gasteiger partial charge in [0.05, 0.1) is 18.9 Å². The van der Waals surface area contributed by atoms with E-state index in [1.165, 1.54) is 0 Å². The minimum Gasteiger partial charge on any atom is -0.494 e. The van der Waals surface area contributed by atoms with Crippen molar-refractivity contribution in [3.63, 3.8) is 0 Å². The third-order valence-electron chi connectivity index (χ3n) is 4.12. The number of nitrogens with one attached hydrogen (secondary N) is 1. The van der Waals surface area contributed by atoms with Gasteiger partial charge in [-0.2, -0.15) is 0 Å². The van der Waals surface area contributed by atoms with E-state index in [4.69, 9.17) is 9.15 Å². The fraction of sp³-hybridized carbons (Fsp3) is 0.444. The van der Waals surface area contributed by atoms with Crippen LogP contribution in [0.25, 0.3) is 0 Å². The van der Waals surface area contributed by atoms with Gasteiger partial charge in [0.25, 0.3) is 0 Å². The molecule has 0 radical (unpaired) electrons. The quantitative estimate of drug-likeness (QED) is 0.857. The second kappa shape index (κ2) is 7.99. The Labute approximate surface area is 145 Å². The lowest BCUT2D eigenvalue weighted by atomic mass is 10.0. The van der Waals surface area contributed by atoms with Crippen LogP contribution in [0.3, 0.4) is 0 Å². The summed E-state index contributed by atoms with van der Waals surface area (Å²) in [5.74, 6) is 1.89. The van der Waals surface area contributed by atoms with Gasteiger partial charge in [-0.05, 0) is 50.2 Å². The first-order valence-electron chi connectivity index (χ1n) is 8.20. The van der Waals surface area contributed by atoms with Crippen LogP contribution in [-0.2, 0) is 0 Å². The normalized spacial score (nSPS) is 17.7. The fourth-order valence-electron chi connectivity index (χ4n) is 3.12. The van der Waals surface area contributed by atoms with E-state index in [9.17, 15) is 0 Å². The minimum atomic E-state index is 0.0731. The van der Waals surface area contributed by atoms with Crippen molar-refractivity contribution in [3.8, 4) is 5.75 Å². The fourth-order valence-corrected chi connectivity index (χ4v) is 3.50. The highest BCUT2D eigenvalue weighted by molar-refractivity contribution is 9.10. The Morgan fingerprint density at radius 2 is 2.22 bits per heavy atom. The topological polar surface area (TPSA) is 37.6 Å². The van der Waals surface area contributed by atoms with Crippen molar-refractivity contribution in [3.05, 3.63) is 52.4 Å². The summed E-state index contributed by atoms with van der Waals surface area (Å²) >= 11 is 3.60. The van der Waals surface area contributed by atoms with Gasteiger partial charge in [-0.1, -0.05) is 15.9 Å². The summed E-state index contributed by atoms with van der Waals surface area (Å²) < 4.78 is 12.7.